The SMILES string of the molecule is C=CC[C@@H](/C=C\N(C(=O)OC(C)(C)C)c1ccc(OC)cc1)/C=C/c1ccccc1. The van der Waals surface area contributed by atoms with Gasteiger partial charge in [-0.15, -0.1) is 6.58 Å². The normalized spacial score (nSPS) is 12.7. The molecule has 4 heteroatoms. The number of carbonyl (C=O) groups excluding carboxylic acids is 1. The fourth-order valence-electron chi connectivity index (χ4n) is 2.72. The molecule has 2 aromatic carbocycles. The maximum absolute atomic E-state index is 12.8. The van der Waals surface area contributed by atoms with E-state index in [2.05, 4.69) is 30.9 Å². The van der Waals surface area contributed by atoms with E-state index in [0.29, 0.717) is 5.69 Å². The topological polar surface area (TPSA) is 38.8 Å². The first-order chi connectivity index (χ1) is 14.3. The van der Waals surface area contributed by atoms with Gasteiger partial charge in [0.1, 0.15) is 11.4 Å². The van der Waals surface area contributed by atoms with Crippen LogP contribution in [-0.2, 0) is 4.74 Å². The minimum absolute atomic E-state index is 0.0888. The smallest absolute Gasteiger partial charge is 0.418 e. The summed E-state index contributed by atoms with van der Waals surface area (Å²) in [7, 11) is 1.61. The van der Waals surface area contributed by atoms with Gasteiger partial charge < -0.3 is 9.47 Å². The van der Waals surface area contributed by atoms with Crippen LogP contribution in [0.25, 0.3) is 6.08 Å². The molecule has 0 heterocycles. The van der Waals surface area contributed by atoms with Crippen molar-refractivity contribution in [2.24, 2.45) is 5.92 Å². The maximum Gasteiger partial charge on any atom is 0.418 e. The number of hydrogen-bond donors (Lipinski definition) is 0. The number of benzene rings is 2. The number of amides is 1. The Labute approximate surface area is 180 Å². The number of nitrogens with zero attached hydrogens (tertiary/aromatic N) is 1. The predicted octanol–water partition coefficient (Wildman–Crippen LogP) is 6.86. The first kappa shape index (κ1) is 23.0. The highest BCUT2D eigenvalue weighted by Crippen LogP contribution is 2.23. The Morgan fingerprint density at radius 3 is 2.30 bits per heavy atom. The molecule has 4 nitrogen and oxygen atoms in total. The summed E-state index contributed by atoms with van der Waals surface area (Å²) in [5.74, 6) is 0.813. The van der Waals surface area contributed by atoms with Gasteiger partial charge in [0, 0.05) is 12.1 Å². The van der Waals surface area contributed by atoms with Gasteiger partial charge in [-0.3, -0.25) is 4.90 Å². The predicted molar refractivity (Wildman–Crippen MR) is 125 cm³/mol. The lowest BCUT2D eigenvalue weighted by Crippen LogP contribution is -2.33. The average Bonchev–Trinajstić information content (AvgIpc) is 2.72. The van der Waals surface area contributed by atoms with Gasteiger partial charge in [-0.1, -0.05) is 54.6 Å². The van der Waals surface area contributed by atoms with Crippen LogP contribution in [0.1, 0.15) is 32.8 Å². The lowest BCUT2D eigenvalue weighted by molar-refractivity contribution is 0.0596. The second-order valence-electron chi connectivity index (χ2n) is 7.85. The molecule has 30 heavy (non-hydrogen) atoms. The zero-order chi connectivity index (χ0) is 22.0. The molecule has 158 valence electrons. The van der Waals surface area contributed by atoms with Gasteiger partial charge >= 0.3 is 6.09 Å². The van der Waals surface area contributed by atoms with Gasteiger partial charge in [0.25, 0.3) is 0 Å². The highest BCUT2D eigenvalue weighted by Gasteiger charge is 2.22. The Kier molecular flexibility index (Phi) is 8.48. The van der Waals surface area contributed by atoms with Crippen molar-refractivity contribution in [3.8, 4) is 5.75 Å². The number of carbonyl (C=O) groups is 1. The van der Waals surface area contributed by atoms with E-state index in [1.807, 2.05) is 75.4 Å². The molecule has 0 aliphatic carbocycles. The van der Waals surface area contributed by atoms with Crippen molar-refractivity contribution in [1.29, 1.82) is 0 Å². The van der Waals surface area contributed by atoms with Crippen LogP contribution in [0.3, 0.4) is 0 Å². The Morgan fingerprint density at radius 1 is 1.07 bits per heavy atom. The fraction of sp³-hybridized carbons (Fsp3) is 0.269. The summed E-state index contributed by atoms with van der Waals surface area (Å²) in [6, 6.07) is 17.4. The van der Waals surface area contributed by atoms with Crippen molar-refractivity contribution in [1.82, 2.24) is 0 Å². The quantitative estimate of drug-likeness (QED) is 0.451. The second-order valence-corrected chi connectivity index (χ2v) is 7.85. The molecule has 0 unspecified atom stereocenters. The van der Waals surface area contributed by atoms with Crippen LogP contribution in [0.15, 0.2) is 85.6 Å². The maximum atomic E-state index is 12.8. The third-order valence-electron chi connectivity index (χ3n) is 4.20. The van der Waals surface area contributed by atoms with Gasteiger partial charge in [-0.2, -0.15) is 0 Å². The summed E-state index contributed by atoms with van der Waals surface area (Å²) in [5, 5.41) is 0. The van der Waals surface area contributed by atoms with E-state index in [9.17, 15) is 4.79 Å². The van der Waals surface area contributed by atoms with E-state index in [1.165, 1.54) is 4.90 Å². The van der Waals surface area contributed by atoms with Crippen molar-refractivity contribution < 1.29 is 14.3 Å². The van der Waals surface area contributed by atoms with Crippen LogP contribution in [-0.4, -0.2) is 18.8 Å². The van der Waals surface area contributed by atoms with Crippen LogP contribution in [0.4, 0.5) is 10.5 Å². The zero-order valence-electron chi connectivity index (χ0n) is 18.2. The van der Waals surface area contributed by atoms with E-state index in [4.69, 9.17) is 9.47 Å². The summed E-state index contributed by atoms with van der Waals surface area (Å²) in [6.45, 7) is 9.41. The van der Waals surface area contributed by atoms with Crippen LogP contribution in [0.2, 0.25) is 0 Å². The number of rotatable bonds is 8. The first-order valence-corrected chi connectivity index (χ1v) is 10.0. The number of methoxy groups -OCH3 is 1. The molecule has 0 aliphatic rings. The molecule has 0 saturated carbocycles. The molecule has 0 radical (unpaired) electrons. The number of ether oxygens (including phenoxy) is 2. The lowest BCUT2D eigenvalue weighted by atomic mass is 10.0. The molecule has 0 saturated heterocycles. The number of allylic oxidation sites excluding steroid dienone is 3. The molecule has 2 aromatic rings. The van der Waals surface area contributed by atoms with E-state index in [1.54, 1.807) is 13.3 Å². The Hall–Kier alpha value is -3.27. The highest BCUT2D eigenvalue weighted by molar-refractivity contribution is 5.90. The summed E-state index contributed by atoms with van der Waals surface area (Å²) in [4.78, 5) is 14.4. The monoisotopic (exact) mass is 405 g/mol. The molecule has 0 fully saturated rings. The minimum Gasteiger partial charge on any atom is -0.497 e. The van der Waals surface area contributed by atoms with E-state index >= 15 is 0 Å². The molecular weight excluding hydrogens is 374 g/mol. The van der Waals surface area contributed by atoms with Crippen molar-refractivity contribution in [2.75, 3.05) is 12.0 Å². The second kappa shape index (κ2) is 11.1. The van der Waals surface area contributed by atoms with Crippen LogP contribution < -0.4 is 9.64 Å². The Morgan fingerprint density at radius 2 is 1.73 bits per heavy atom. The molecule has 0 spiro atoms. The van der Waals surface area contributed by atoms with Crippen molar-refractivity contribution >= 4 is 17.9 Å². The lowest BCUT2D eigenvalue weighted by Gasteiger charge is -2.25. The molecule has 0 aliphatic heterocycles. The van der Waals surface area contributed by atoms with Gasteiger partial charge in [0.2, 0.25) is 0 Å². The van der Waals surface area contributed by atoms with Crippen molar-refractivity contribution in [3.63, 3.8) is 0 Å². The summed E-state index contributed by atoms with van der Waals surface area (Å²) < 4.78 is 10.8. The van der Waals surface area contributed by atoms with Crippen LogP contribution >= 0.6 is 0 Å². The standard InChI is InChI=1S/C26H31NO3/c1-6-10-21(13-14-22-11-8-7-9-12-22)19-20-27(25(28)30-26(2,3)4)23-15-17-24(29-5)18-16-23/h6-9,11-21H,1,10H2,2-5H3/b14-13+,20-19-/t21-/m1/s1. The van der Waals surface area contributed by atoms with Gasteiger partial charge in [0.15, 0.2) is 0 Å². The third kappa shape index (κ3) is 7.63. The largest absolute Gasteiger partial charge is 0.497 e. The summed E-state index contributed by atoms with van der Waals surface area (Å²) >= 11 is 0. The van der Waals surface area contributed by atoms with Gasteiger partial charge in [-0.05, 0) is 57.0 Å². The molecule has 1 amide bonds. The minimum atomic E-state index is -0.594. The number of hydrogen-bond acceptors (Lipinski definition) is 3. The first-order valence-electron chi connectivity index (χ1n) is 10.0. The highest BCUT2D eigenvalue weighted by atomic mass is 16.6. The van der Waals surface area contributed by atoms with Crippen LogP contribution in [0.5, 0.6) is 5.75 Å². The number of anilines is 1. The van der Waals surface area contributed by atoms with Crippen LogP contribution in [0, 0.1) is 5.92 Å². The molecule has 0 bridgehead atoms. The van der Waals surface area contributed by atoms with Crippen molar-refractivity contribution in [2.45, 2.75) is 32.8 Å². The van der Waals surface area contributed by atoms with Gasteiger partial charge in [-0.25, -0.2) is 4.79 Å². The average molecular weight is 406 g/mol. The van der Waals surface area contributed by atoms with Gasteiger partial charge in [0.05, 0.1) is 12.8 Å². The van der Waals surface area contributed by atoms with Crippen molar-refractivity contribution in [3.05, 3.63) is 91.2 Å². The molecule has 2 rings (SSSR count). The fourth-order valence-corrected chi connectivity index (χ4v) is 2.72. The Balaban J connectivity index is 2.28. The van der Waals surface area contributed by atoms with E-state index < -0.39 is 11.7 Å². The molecule has 0 N–H and O–H groups in total. The summed E-state index contributed by atoms with van der Waals surface area (Å²) in [6.07, 6.45) is 10.1. The third-order valence-corrected chi connectivity index (χ3v) is 4.20. The van der Waals surface area contributed by atoms with E-state index in [0.717, 1.165) is 17.7 Å². The Bertz CT molecular complexity index is 861. The summed E-state index contributed by atoms with van der Waals surface area (Å²) in [5.41, 5.74) is 1.23. The zero-order valence-corrected chi connectivity index (χ0v) is 18.2. The van der Waals surface area contributed by atoms with E-state index in [-0.39, 0.29) is 5.92 Å². The molecule has 0 aromatic heterocycles. The molecule has 1 atom stereocenters. The molecular formula is C26H31NO3.